The number of fused-ring (bicyclic) bond motifs is 1. The molecule has 30 heavy (non-hydrogen) atoms. The summed E-state index contributed by atoms with van der Waals surface area (Å²) in [5, 5.41) is 16.2. The number of piperidine rings is 1. The lowest BCUT2D eigenvalue weighted by Crippen LogP contribution is -2.48. The van der Waals surface area contributed by atoms with E-state index in [1.165, 1.54) is 34.2 Å². The predicted molar refractivity (Wildman–Crippen MR) is 104 cm³/mol. The standard InChI is InChI=1S/C19H18F2N8O/c1-12-4-5-28(11-19(12,20)21)18-24-7-13-8-25-29(17(13)27-18)10-16(30)26-15-3-2-14(6-22)23-9-15/h2-3,7-9,12H,4-5,10-11H2,1H3,(H,26,30). The van der Waals surface area contributed by atoms with Gasteiger partial charge in [-0.2, -0.15) is 15.3 Å². The third-order valence-corrected chi connectivity index (χ3v) is 5.06. The summed E-state index contributed by atoms with van der Waals surface area (Å²) in [5.74, 6) is -3.69. The lowest BCUT2D eigenvalue weighted by molar-refractivity contribution is -0.116. The Bertz CT molecular complexity index is 1120. The fraction of sp³-hybridized carbons (Fsp3) is 0.368. The van der Waals surface area contributed by atoms with E-state index in [-0.39, 0.29) is 24.1 Å². The Hall–Kier alpha value is -3.68. The van der Waals surface area contributed by atoms with Crippen LogP contribution < -0.4 is 10.2 Å². The summed E-state index contributed by atoms with van der Waals surface area (Å²) in [6, 6.07) is 4.97. The molecule has 1 unspecified atom stereocenters. The minimum absolute atomic E-state index is 0.132. The van der Waals surface area contributed by atoms with E-state index in [2.05, 4.69) is 25.4 Å². The quantitative estimate of drug-likeness (QED) is 0.699. The molecule has 1 atom stereocenters. The first-order valence-electron chi connectivity index (χ1n) is 9.33. The van der Waals surface area contributed by atoms with Crippen molar-refractivity contribution in [2.75, 3.05) is 23.3 Å². The number of aromatic nitrogens is 5. The molecule has 3 aromatic heterocycles. The Labute approximate surface area is 170 Å². The van der Waals surface area contributed by atoms with Gasteiger partial charge >= 0.3 is 0 Å². The molecule has 0 spiro atoms. The van der Waals surface area contributed by atoms with E-state index >= 15 is 0 Å². The number of nitriles is 1. The number of rotatable bonds is 4. The van der Waals surface area contributed by atoms with Crippen LogP contribution in [0.1, 0.15) is 19.0 Å². The van der Waals surface area contributed by atoms with E-state index in [1.54, 1.807) is 13.0 Å². The van der Waals surface area contributed by atoms with Crippen molar-refractivity contribution in [2.24, 2.45) is 5.92 Å². The highest BCUT2D eigenvalue weighted by molar-refractivity contribution is 5.91. The third kappa shape index (κ3) is 3.89. The number of pyridine rings is 1. The topological polar surface area (TPSA) is 113 Å². The number of carbonyl (C=O) groups is 1. The number of anilines is 2. The normalized spacial score (nSPS) is 18.2. The Morgan fingerprint density at radius 2 is 2.17 bits per heavy atom. The zero-order valence-electron chi connectivity index (χ0n) is 16.1. The van der Waals surface area contributed by atoms with Crippen LogP contribution in [-0.4, -0.2) is 49.7 Å². The Kier molecular flexibility index (Phi) is 4.99. The number of carbonyl (C=O) groups excluding carboxylic acids is 1. The van der Waals surface area contributed by atoms with E-state index in [0.717, 1.165) is 0 Å². The van der Waals surface area contributed by atoms with Crippen molar-refractivity contribution in [3.63, 3.8) is 0 Å². The first kappa shape index (κ1) is 19.6. The molecule has 4 rings (SSSR count). The molecular weight excluding hydrogens is 394 g/mol. The van der Waals surface area contributed by atoms with Gasteiger partial charge in [0.15, 0.2) is 5.65 Å². The zero-order valence-corrected chi connectivity index (χ0v) is 16.1. The van der Waals surface area contributed by atoms with Gasteiger partial charge in [-0.05, 0) is 18.6 Å². The van der Waals surface area contributed by atoms with Crippen LogP contribution in [0.15, 0.2) is 30.7 Å². The Morgan fingerprint density at radius 3 is 2.87 bits per heavy atom. The van der Waals surface area contributed by atoms with Gasteiger partial charge in [0.25, 0.3) is 5.92 Å². The second-order valence-corrected chi connectivity index (χ2v) is 7.22. The molecule has 1 fully saturated rings. The van der Waals surface area contributed by atoms with Crippen LogP contribution in [0.25, 0.3) is 11.0 Å². The summed E-state index contributed by atoms with van der Waals surface area (Å²) < 4.78 is 29.6. The van der Waals surface area contributed by atoms with Crippen LogP contribution in [0, 0.1) is 17.2 Å². The van der Waals surface area contributed by atoms with Gasteiger partial charge in [-0.25, -0.2) is 23.4 Å². The fourth-order valence-corrected chi connectivity index (χ4v) is 3.22. The fourth-order valence-electron chi connectivity index (χ4n) is 3.22. The zero-order chi connectivity index (χ0) is 21.3. The lowest BCUT2D eigenvalue weighted by Gasteiger charge is -2.36. The molecule has 1 N–H and O–H groups in total. The van der Waals surface area contributed by atoms with Crippen LogP contribution in [0.5, 0.6) is 0 Å². The van der Waals surface area contributed by atoms with Crippen LogP contribution in [0.3, 0.4) is 0 Å². The van der Waals surface area contributed by atoms with E-state index in [1.807, 2.05) is 6.07 Å². The number of hydrogen-bond acceptors (Lipinski definition) is 7. The number of hydrogen-bond donors (Lipinski definition) is 1. The van der Waals surface area contributed by atoms with E-state index in [4.69, 9.17) is 5.26 Å². The Balaban J connectivity index is 1.51. The molecule has 154 valence electrons. The molecule has 11 heteroatoms. The van der Waals surface area contributed by atoms with Crippen molar-refractivity contribution in [3.8, 4) is 6.07 Å². The summed E-state index contributed by atoms with van der Waals surface area (Å²) in [7, 11) is 0. The summed E-state index contributed by atoms with van der Waals surface area (Å²) in [6.45, 7) is 1.40. The van der Waals surface area contributed by atoms with Gasteiger partial charge in [0.2, 0.25) is 11.9 Å². The van der Waals surface area contributed by atoms with Gasteiger partial charge in [0.1, 0.15) is 18.3 Å². The van der Waals surface area contributed by atoms with Crippen molar-refractivity contribution in [1.29, 1.82) is 5.26 Å². The second kappa shape index (κ2) is 7.62. The molecule has 0 aromatic carbocycles. The van der Waals surface area contributed by atoms with Crippen molar-refractivity contribution in [2.45, 2.75) is 25.8 Å². The summed E-state index contributed by atoms with van der Waals surface area (Å²) in [6.07, 6.45) is 4.76. The Morgan fingerprint density at radius 1 is 1.33 bits per heavy atom. The largest absolute Gasteiger partial charge is 0.335 e. The highest BCUT2D eigenvalue weighted by Gasteiger charge is 2.42. The monoisotopic (exact) mass is 412 g/mol. The van der Waals surface area contributed by atoms with Crippen molar-refractivity contribution in [3.05, 3.63) is 36.4 Å². The maximum Gasteiger partial charge on any atom is 0.267 e. The van der Waals surface area contributed by atoms with Crippen molar-refractivity contribution < 1.29 is 13.6 Å². The molecule has 0 radical (unpaired) electrons. The van der Waals surface area contributed by atoms with Crippen LogP contribution in [0.2, 0.25) is 0 Å². The molecule has 0 saturated carbocycles. The molecule has 9 nitrogen and oxygen atoms in total. The van der Waals surface area contributed by atoms with Gasteiger partial charge in [-0.15, -0.1) is 0 Å². The number of amides is 1. The number of nitrogens with one attached hydrogen (secondary N) is 1. The van der Waals surface area contributed by atoms with Gasteiger partial charge in [-0.1, -0.05) is 6.92 Å². The van der Waals surface area contributed by atoms with Crippen LogP contribution >= 0.6 is 0 Å². The molecule has 1 aliphatic rings. The third-order valence-electron chi connectivity index (χ3n) is 5.06. The SMILES string of the molecule is CC1CCN(c2ncc3cnn(CC(=O)Nc4ccc(C#N)nc4)c3n2)CC1(F)F. The second-order valence-electron chi connectivity index (χ2n) is 7.22. The van der Waals surface area contributed by atoms with E-state index in [9.17, 15) is 13.6 Å². The summed E-state index contributed by atoms with van der Waals surface area (Å²) >= 11 is 0. The summed E-state index contributed by atoms with van der Waals surface area (Å²) in [5.41, 5.74) is 1.07. The molecule has 4 heterocycles. The molecule has 1 amide bonds. The average Bonchev–Trinajstić information content (AvgIpc) is 3.12. The first-order valence-corrected chi connectivity index (χ1v) is 9.33. The highest BCUT2D eigenvalue weighted by Crippen LogP contribution is 2.33. The number of halogens is 2. The highest BCUT2D eigenvalue weighted by atomic mass is 19.3. The number of nitrogens with zero attached hydrogens (tertiary/aromatic N) is 7. The first-order chi connectivity index (χ1) is 14.4. The molecule has 1 aliphatic heterocycles. The van der Waals surface area contributed by atoms with Gasteiger partial charge in [0.05, 0.1) is 30.0 Å². The summed E-state index contributed by atoms with van der Waals surface area (Å²) in [4.78, 5) is 26.3. The molecule has 0 aliphatic carbocycles. The van der Waals surface area contributed by atoms with Crippen LogP contribution in [0.4, 0.5) is 20.4 Å². The van der Waals surface area contributed by atoms with Crippen molar-refractivity contribution in [1.82, 2.24) is 24.7 Å². The van der Waals surface area contributed by atoms with E-state index < -0.39 is 18.4 Å². The molecule has 3 aromatic rings. The lowest BCUT2D eigenvalue weighted by atomic mass is 9.95. The molecule has 0 bridgehead atoms. The minimum atomic E-state index is -2.81. The van der Waals surface area contributed by atoms with Gasteiger partial charge in [-0.3, -0.25) is 4.79 Å². The minimum Gasteiger partial charge on any atom is -0.335 e. The maximum absolute atomic E-state index is 14.1. The van der Waals surface area contributed by atoms with Gasteiger partial charge < -0.3 is 10.2 Å². The van der Waals surface area contributed by atoms with Crippen molar-refractivity contribution >= 4 is 28.6 Å². The number of alkyl halides is 2. The predicted octanol–water partition coefficient (Wildman–Crippen LogP) is 2.21. The van der Waals surface area contributed by atoms with Crippen LogP contribution in [-0.2, 0) is 11.3 Å². The molecule has 1 saturated heterocycles. The van der Waals surface area contributed by atoms with Gasteiger partial charge in [0, 0.05) is 18.7 Å². The smallest absolute Gasteiger partial charge is 0.267 e. The maximum atomic E-state index is 14.1. The van der Waals surface area contributed by atoms with E-state index in [0.29, 0.717) is 29.7 Å². The average molecular weight is 412 g/mol. The molecular formula is C19H18F2N8O.